The summed E-state index contributed by atoms with van der Waals surface area (Å²) in [7, 11) is -3.64. The Bertz CT molecular complexity index is 1700. The van der Waals surface area contributed by atoms with Gasteiger partial charge in [0.2, 0.25) is 10.0 Å². The molecule has 2 fully saturated rings. The number of hydrogen-bond donors (Lipinski definition) is 1. The number of aliphatic carboxylic acids is 1. The van der Waals surface area contributed by atoms with Crippen LogP contribution in [0.1, 0.15) is 82.6 Å². The van der Waals surface area contributed by atoms with Crippen molar-refractivity contribution in [2.75, 3.05) is 19.6 Å². The third-order valence-electron chi connectivity index (χ3n) is 8.51. The van der Waals surface area contributed by atoms with Crippen LogP contribution in [0.5, 0.6) is 0 Å². The number of nitrogens with zero attached hydrogens (tertiary/aromatic N) is 4. The monoisotopic (exact) mass is 694 g/mol. The Kier molecular flexibility index (Phi) is 12.4. The quantitative estimate of drug-likeness (QED) is 0.0932. The Morgan fingerprint density at radius 2 is 1.60 bits per heavy atom. The smallest absolute Gasteiger partial charge is 0.303 e. The zero-order valence-corrected chi connectivity index (χ0v) is 29.0. The molecule has 1 N–H and O–H groups in total. The minimum atomic E-state index is -3.64. The molecule has 2 aliphatic rings. The average molecular weight is 695 g/mol. The van der Waals surface area contributed by atoms with Gasteiger partial charge in [0.1, 0.15) is 10.0 Å². The van der Waals surface area contributed by atoms with Crippen LogP contribution in [0.2, 0.25) is 0 Å². The molecule has 0 spiro atoms. The normalized spacial score (nSPS) is 16.8. The Hall–Kier alpha value is -3.32. The molecule has 12 heteroatoms. The second-order valence-electron chi connectivity index (χ2n) is 12.0. The highest BCUT2D eigenvalue weighted by molar-refractivity contribution is 8.26. The highest BCUT2D eigenvalue weighted by Crippen LogP contribution is 2.36. The number of aromatic nitrogens is 2. The van der Waals surface area contributed by atoms with E-state index >= 15 is 0 Å². The molecule has 5 rings (SSSR count). The number of unbranched alkanes of at least 4 members (excludes halogenated alkanes) is 7. The lowest BCUT2D eigenvalue weighted by atomic mass is 10.1. The molecule has 2 aromatic carbocycles. The lowest BCUT2D eigenvalue weighted by Gasteiger charge is -2.26. The number of carbonyl (C=O) groups is 2. The molecule has 0 atom stereocenters. The Morgan fingerprint density at radius 3 is 2.30 bits per heavy atom. The zero-order chi connectivity index (χ0) is 33.2. The summed E-state index contributed by atoms with van der Waals surface area (Å²) in [6.45, 7) is 1.62. The Labute approximate surface area is 287 Å². The lowest BCUT2D eigenvalue weighted by molar-refractivity contribution is -0.137. The molecule has 0 aliphatic carbocycles. The van der Waals surface area contributed by atoms with Crippen LogP contribution in [-0.2, 0) is 19.6 Å². The summed E-state index contributed by atoms with van der Waals surface area (Å²) >= 11 is 6.89. The number of rotatable bonds is 16. The van der Waals surface area contributed by atoms with Crippen molar-refractivity contribution in [2.24, 2.45) is 0 Å². The second kappa shape index (κ2) is 16.7. The molecular weight excluding hydrogens is 653 g/mol. The Balaban J connectivity index is 1.29. The van der Waals surface area contributed by atoms with Crippen molar-refractivity contribution < 1.29 is 23.1 Å². The molecule has 2 aliphatic heterocycles. The first kappa shape index (κ1) is 35.0. The first-order chi connectivity index (χ1) is 22.7. The van der Waals surface area contributed by atoms with E-state index in [4.69, 9.17) is 22.4 Å². The topological polar surface area (TPSA) is 113 Å². The maximum atomic E-state index is 13.5. The van der Waals surface area contributed by atoms with Crippen molar-refractivity contribution in [1.29, 1.82) is 0 Å². The summed E-state index contributed by atoms with van der Waals surface area (Å²) in [5.74, 6) is -0.859. The summed E-state index contributed by atoms with van der Waals surface area (Å²) in [5, 5.41) is 13.6. The third kappa shape index (κ3) is 9.19. The largest absolute Gasteiger partial charge is 0.481 e. The predicted molar refractivity (Wildman–Crippen MR) is 191 cm³/mol. The number of hydrogen-bond acceptors (Lipinski definition) is 7. The predicted octanol–water partition coefficient (Wildman–Crippen LogP) is 7.51. The SMILES string of the molecule is O=C(O)CCCCCCCCCCN1C(=O)C(=Cc2cn(-c3ccccc3)nc2-c2cccc(S(=O)(=O)N3CCCCC3)c2)SC1=S. The number of piperidine rings is 1. The van der Waals surface area contributed by atoms with E-state index in [-0.39, 0.29) is 17.2 Å². The number of sulfonamides is 1. The van der Waals surface area contributed by atoms with Crippen LogP contribution in [0.15, 0.2) is 70.6 Å². The highest BCUT2D eigenvalue weighted by Gasteiger charge is 2.32. The molecule has 250 valence electrons. The Morgan fingerprint density at radius 1 is 0.915 bits per heavy atom. The van der Waals surface area contributed by atoms with Gasteiger partial charge in [-0.3, -0.25) is 14.5 Å². The minimum absolute atomic E-state index is 0.127. The van der Waals surface area contributed by atoms with Gasteiger partial charge < -0.3 is 5.11 Å². The van der Waals surface area contributed by atoms with Crippen molar-refractivity contribution in [3.05, 3.63) is 71.3 Å². The summed E-state index contributed by atoms with van der Waals surface area (Å²) in [5.41, 5.74) is 2.78. The molecule has 0 radical (unpaired) electrons. The third-order valence-corrected chi connectivity index (χ3v) is 11.8. The van der Waals surface area contributed by atoms with Crippen molar-refractivity contribution >= 4 is 56.3 Å². The lowest BCUT2D eigenvalue weighted by Crippen LogP contribution is -2.35. The maximum absolute atomic E-state index is 13.5. The first-order valence-corrected chi connectivity index (χ1v) is 19.1. The first-order valence-electron chi connectivity index (χ1n) is 16.5. The fraction of sp³-hybridized carbons (Fsp3) is 0.429. The van der Waals surface area contributed by atoms with Gasteiger partial charge in [-0.15, -0.1) is 0 Å². The van der Waals surface area contributed by atoms with Crippen LogP contribution in [0.3, 0.4) is 0 Å². The highest BCUT2D eigenvalue weighted by atomic mass is 32.2. The second-order valence-corrected chi connectivity index (χ2v) is 15.6. The summed E-state index contributed by atoms with van der Waals surface area (Å²) in [4.78, 5) is 26.6. The van der Waals surface area contributed by atoms with Crippen molar-refractivity contribution in [1.82, 2.24) is 19.0 Å². The van der Waals surface area contributed by atoms with Crippen molar-refractivity contribution in [2.45, 2.75) is 81.9 Å². The van der Waals surface area contributed by atoms with Gasteiger partial charge >= 0.3 is 5.97 Å². The maximum Gasteiger partial charge on any atom is 0.303 e. The van der Waals surface area contributed by atoms with Crippen molar-refractivity contribution in [3.63, 3.8) is 0 Å². The van der Waals surface area contributed by atoms with E-state index in [1.54, 1.807) is 32.1 Å². The summed E-state index contributed by atoms with van der Waals surface area (Å²) < 4.78 is 30.8. The zero-order valence-electron chi connectivity index (χ0n) is 26.6. The molecule has 47 heavy (non-hydrogen) atoms. The number of benzene rings is 2. The molecule has 3 heterocycles. The van der Waals surface area contributed by atoms with Gasteiger partial charge in [-0.1, -0.05) is 99.3 Å². The van der Waals surface area contributed by atoms with Gasteiger partial charge in [-0.05, 0) is 56.0 Å². The van der Waals surface area contributed by atoms with Crippen LogP contribution in [0.25, 0.3) is 23.0 Å². The number of carbonyl (C=O) groups excluding carboxylic acids is 1. The molecule has 1 amide bonds. The summed E-state index contributed by atoms with van der Waals surface area (Å²) in [6.07, 6.45) is 14.5. The van der Waals surface area contributed by atoms with Gasteiger partial charge in [0.25, 0.3) is 5.91 Å². The van der Waals surface area contributed by atoms with Gasteiger partial charge in [-0.2, -0.15) is 9.40 Å². The molecule has 0 bridgehead atoms. The average Bonchev–Trinajstić information content (AvgIpc) is 3.62. The van der Waals surface area contributed by atoms with Gasteiger partial charge in [-0.25, -0.2) is 13.1 Å². The number of carboxylic acids is 1. The van der Waals surface area contributed by atoms with Crippen LogP contribution in [-0.4, -0.2) is 68.3 Å². The minimum Gasteiger partial charge on any atom is -0.481 e. The molecule has 0 saturated carbocycles. The van der Waals surface area contributed by atoms with Gasteiger partial charge in [0.15, 0.2) is 0 Å². The van der Waals surface area contributed by atoms with Gasteiger partial charge in [0.05, 0.1) is 15.5 Å². The molecule has 9 nitrogen and oxygen atoms in total. The number of carboxylic acid groups (broad SMARTS) is 1. The van der Waals surface area contributed by atoms with E-state index in [2.05, 4.69) is 0 Å². The fourth-order valence-electron chi connectivity index (χ4n) is 5.93. The molecule has 1 aromatic heterocycles. The number of amides is 1. The van der Waals surface area contributed by atoms with Gasteiger partial charge in [0, 0.05) is 43.4 Å². The number of thiocarbonyl (C=S) groups is 1. The van der Waals surface area contributed by atoms with Crippen LogP contribution < -0.4 is 0 Å². The molecule has 3 aromatic rings. The summed E-state index contributed by atoms with van der Waals surface area (Å²) in [6, 6.07) is 16.6. The molecular formula is C35H42N4O5S3. The van der Waals surface area contributed by atoms with E-state index in [0.29, 0.717) is 45.7 Å². The molecule has 0 unspecified atom stereocenters. The molecule has 2 saturated heterocycles. The van der Waals surface area contributed by atoms with E-state index in [0.717, 1.165) is 76.3 Å². The fourth-order valence-corrected chi connectivity index (χ4v) is 8.79. The van der Waals surface area contributed by atoms with E-state index in [1.165, 1.54) is 11.8 Å². The number of thioether (sulfide) groups is 1. The number of para-hydroxylation sites is 1. The van der Waals surface area contributed by atoms with E-state index in [9.17, 15) is 18.0 Å². The van der Waals surface area contributed by atoms with Crippen molar-refractivity contribution in [3.8, 4) is 16.9 Å². The standard InChI is InChI=1S/C35H42N4O5S3/c40-32(41)20-11-5-3-1-2-4-6-14-23-38-34(42)31(46-35(38)45)25-28-26-39(29-17-9-7-10-18-29)36-33(28)27-16-15-19-30(24-27)47(43,44)37-21-12-8-13-22-37/h7,9-10,15-19,24-26H,1-6,8,11-14,20-23H2,(H,40,41). The van der Waals surface area contributed by atoms with Crippen LogP contribution >= 0.6 is 24.0 Å². The van der Waals surface area contributed by atoms with Crippen LogP contribution in [0, 0.1) is 0 Å². The van der Waals surface area contributed by atoms with E-state index < -0.39 is 16.0 Å². The van der Waals surface area contributed by atoms with Crippen LogP contribution in [0.4, 0.5) is 0 Å². The van der Waals surface area contributed by atoms with E-state index in [1.807, 2.05) is 48.7 Å².